The maximum absolute atomic E-state index is 9.41. The Bertz CT molecular complexity index is 398. The van der Waals surface area contributed by atoms with Gasteiger partial charge in [0.15, 0.2) is 0 Å². The second kappa shape index (κ2) is 5.36. The van der Waals surface area contributed by atoms with Gasteiger partial charge in [-0.05, 0) is 19.8 Å². The molecular weight excluding hydrogens is 228 g/mol. The number of rotatable bonds is 6. The van der Waals surface area contributed by atoms with Crippen LogP contribution in [0.4, 0.5) is 0 Å². The molecule has 2 N–H and O–H groups in total. The Morgan fingerprint density at radius 3 is 2.94 bits per heavy atom. The summed E-state index contributed by atoms with van der Waals surface area (Å²) >= 11 is 0. The lowest BCUT2D eigenvalue weighted by atomic mass is 9.88. The van der Waals surface area contributed by atoms with E-state index >= 15 is 0 Å². The van der Waals surface area contributed by atoms with Gasteiger partial charge in [0.25, 0.3) is 0 Å². The molecule has 0 aliphatic carbocycles. The standard InChI is InChI=1S/C13H24N4O/c1-4-13(3,9-18)8-14-10(2)12-16-15-11-6-5-7-17(11)12/h10,14,18H,4-9H2,1-3H3. The molecule has 0 bridgehead atoms. The van der Waals surface area contributed by atoms with Crippen LogP contribution in [0.3, 0.4) is 0 Å². The van der Waals surface area contributed by atoms with E-state index in [0.29, 0.717) is 0 Å². The first-order valence-corrected chi connectivity index (χ1v) is 6.86. The van der Waals surface area contributed by atoms with Crippen molar-refractivity contribution in [2.45, 2.75) is 52.6 Å². The SMILES string of the molecule is CCC(C)(CO)CNC(C)c1nnc2n1CCC2. The first kappa shape index (κ1) is 13.5. The predicted molar refractivity (Wildman–Crippen MR) is 70.2 cm³/mol. The van der Waals surface area contributed by atoms with Gasteiger partial charge in [-0.25, -0.2) is 0 Å². The number of nitrogens with one attached hydrogen (secondary N) is 1. The van der Waals surface area contributed by atoms with Crippen molar-refractivity contribution in [2.75, 3.05) is 13.2 Å². The highest BCUT2D eigenvalue weighted by Gasteiger charge is 2.25. The zero-order valence-electron chi connectivity index (χ0n) is 11.6. The Morgan fingerprint density at radius 1 is 1.50 bits per heavy atom. The number of hydrogen-bond donors (Lipinski definition) is 2. The van der Waals surface area contributed by atoms with Crippen molar-refractivity contribution >= 4 is 0 Å². The largest absolute Gasteiger partial charge is 0.396 e. The van der Waals surface area contributed by atoms with Gasteiger partial charge in [-0.1, -0.05) is 13.8 Å². The molecule has 1 aliphatic heterocycles. The van der Waals surface area contributed by atoms with Gasteiger partial charge in [-0.2, -0.15) is 0 Å². The molecular formula is C13H24N4O. The Balaban J connectivity index is 1.97. The average Bonchev–Trinajstić information content (AvgIpc) is 2.97. The van der Waals surface area contributed by atoms with E-state index in [1.165, 1.54) is 6.42 Å². The molecule has 2 unspecified atom stereocenters. The minimum atomic E-state index is -0.0535. The van der Waals surface area contributed by atoms with Gasteiger partial charge in [-0.15, -0.1) is 10.2 Å². The average molecular weight is 252 g/mol. The summed E-state index contributed by atoms with van der Waals surface area (Å²) in [5.74, 6) is 2.14. The Kier molecular flexibility index (Phi) is 4.02. The summed E-state index contributed by atoms with van der Waals surface area (Å²) in [5.41, 5.74) is -0.0535. The first-order chi connectivity index (χ1) is 8.59. The summed E-state index contributed by atoms with van der Waals surface area (Å²) in [6, 6.07) is 0.182. The lowest BCUT2D eigenvalue weighted by molar-refractivity contribution is 0.132. The molecule has 0 saturated heterocycles. The van der Waals surface area contributed by atoms with Crippen molar-refractivity contribution in [1.29, 1.82) is 0 Å². The smallest absolute Gasteiger partial charge is 0.149 e. The molecule has 1 aliphatic rings. The fraction of sp³-hybridized carbons (Fsp3) is 0.846. The van der Waals surface area contributed by atoms with E-state index in [2.05, 4.69) is 40.9 Å². The lowest BCUT2D eigenvalue weighted by Crippen LogP contribution is -2.36. The molecule has 2 atom stereocenters. The van der Waals surface area contributed by atoms with Gasteiger partial charge < -0.3 is 15.0 Å². The third kappa shape index (κ3) is 2.57. The van der Waals surface area contributed by atoms with Crippen molar-refractivity contribution in [3.8, 4) is 0 Å². The molecule has 102 valence electrons. The summed E-state index contributed by atoms with van der Waals surface area (Å²) in [7, 11) is 0. The molecule has 1 aromatic heterocycles. The summed E-state index contributed by atoms with van der Waals surface area (Å²) in [5, 5.41) is 21.4. The quantitative estimate of drug-likeness (QED) is 0.800. The van der Waals surface area contributed by atoms with Crippen molar-refractivity contribution in [1.82, 2.24) is 20.1 Å². The normalized spacial score (nSPS) is 19.6. The maximum atomic E-state index is 9.41. The number of aryl methyl sites for hydroxylation is 1. The van der Waals surface area contributed by atoms with E-state index < -0.39 is 0 Å². The van der Waals surface area contributed by atoms with Crippen LogP contribution in [-0.4, -0.2) is 33.0 Å². The number of aliphatic hydroxyl groups excluding tert-OH is 1. The molecule has 18 heavy (non-hydrogen) atoms. The Labute approximate surface area is 109 Å². The molecule has 0 amide bonds. The van der Waals surface area contributed by atoms with Gasteiger partial charge in [0.2, 0.25) is 0 Å². The number of hydrogen-bond acceptors (Lipinski definition) is 4. The number of aliphatic hydroxyl groups is 1. The van der Waals surface area contributed by atoms with Crippen LogP contribution in [0.15, 0.2) is 0 Å². The van der Waals surface area contributed by atoms with Crippen LogP contribution in [0.25, 0.3) is 0 Å². The number of nitrogens with zero attached hydrogens (tertiary/aromatic N) is 3. The molecule has 0 radical (unpaired) electrons. The summed E-state index contributed by atoms with van der Waals surface area (Å²) in [6.07, 6.45) is 3.18. The minimum absolute atomic E-state index is 0.0535. The molecule has 5 heteroatoms. The second-order valence-electron chi connectivity index (χ2n) is 5.65. The monoisotopic (exact) mass is 252 g/mol. The topological polar surface area (TPSA) is 63.0 Å². The Morgan fingerprint density at radius 2 is 2.28 bits per heavy atom. The van der Waals surface area contributed by atoms with Gasteiger partial charge in [0.1, 0.15) is 11.6 Å². The van der Waals surface area contributed by atoms with Crippen molar-refractivity contribution in [2.24, 2.45) is 5.41 Å². The molecule has 2 rings (SSSR count). The molecule has 0 fully saturated rings. The molecule has 2 heterocycles. The van der Waals surface area contributed by atoms with Gasteiger partial charge in [0, 0.05) is 31.5 Å². The van der Waals surface area contributed by atoms with Crippen molar-refractivity contribution < 1.29 is 5.11 Å². The van der Waals surface area contributed by atoms with E-state index in [-0.39, 0.29) is 18.1 Å². The highest BCUT2D eigenvalue weighted by Crippen LogP contribution is 2.22. The molecule has 0 saturated carbocycles. The van der Waals surface area contributed by atoms with E-state index in [9.17, 15) is 5.11 Å². The maximum Gasteiger partial charge on any atom is 0.149 e. The van der Waals surface area contributed by atoms with Crippen LogP contribution >= 0.6 is 0 Å². The summed E-state index contributed by atoms with van der Waals surface area (Å²) < 4.78 is 2.22. The van der Waals surface area contributed by atoms with Crippen LogP contribution in [0, 0.1) is 5.41 Å². The first-order valence-electron chi connectivity index (χ1n) is 6.86. The zero-order valence-corrected chi connectivity index (χ0v) is 11.6. The predicted octanol–water partition coefficient (Wildman–Crippen LogP) is 1.28. The van der Waals surface area contributed by atoms with Gasteiger partial charge in [0.05, 0.1) is 6.04 Å². The third-order valence-electron chi connectivity index (χ3n) is 4.10. The second-order valence-corrected chi connectivity index (χ2v) is 5.65. The van der Waals surface area contributed by atoms with E-state index in [1.807, 2.05) is 0 Å². The molecule has 0 aromatic carbocycles. The van der Waals surface area contributed by atoms with Crippen molar-refractivity contribution in [3.63, 3.8) is 0 Å². The van der Waals surface area contributed by atoms with Crippen LogP contribution in [0.1, 0.15) is 51.3 Å². The van der Waals surface area contributed by atoms with E-state index in [0.717, 1.165) is 37.6 Å². The van der Waals surface area contributed by atoms with Crippen molar-refractivity contribution in [3.05, 3.63) is 11.6 Å². The zero-order chi connectivity index (χ0) is 13.2. The van der Waals surface area contributed by atoms with E-state index in [4.69, 9.17) is 0 Å². The van der Waals surface area contributed by atoms with Crippen LogP contribution in [0.2, 0.25) is 0 Å². The summed E-state index contributed by atoms with van der Waals surface area (Å²) in [4.78, 5) is 0. The minimum Gasteiger partial charge on any atom is -0.396 e. The fourth-order valence-electron chi connectivity index (χ4n) is 2.28. The third-order valence-corrected chi connectivity index (χ3v) is 4.10. The molecule has 1 aromatic rings. The highest BCUT2D eigenvalue weighted by atomic mass is 16.3. The van der Waals surface area contributed by atoms with Crippen LogP contribution in [-0.2, 0) is 13.0 Å². The number of aromatic nitrogens is 3. The Hall–Kier alpha value is -0.940. The van der Waals surface area contributed by atoms with Crippen LogP contribution < -0.4 is 5.32 Å². The molecule has 0 spiro atoms. The lowest BCUT2D eigenvalue weighted by Gasteiger charge is -2.27. The van der Waals surface area contributed by atoms with Crippen LogP contribution in [0.5, 0.6) is 0 Å². The van der Waals surface area contributed by atoms with Gasteiger partial charge >= 0.3 is 0 Å². The fourth-order valence-corrected chi connectivity index (χ4v) is 2.28. The molecule has 5 nitrogen and oxygen atoms in total. The highest BCUT2D eigenvalue weighted by molar-refractivity contribution is 5.04. The van der Waals surface area contributed by atoms with Gasteiger partial charge in [-0.3, -0.25) is 0 Å². The van der Waals surface area contributed by atoms with E-state index in [1.54, 1.807) is 0 Å². The number of fused-ring (bicyclic) bond motifs is 1. The summed E-state index contributed by atoms with van der Waals surface area (Å²) in [6.45, 7) is 8.36.